The number of amides is 1. The van der Waals surface area contributed by atoms with Gasteiger partial charge in [0.2, 0.25) is 5.91 Å². The molecule has 0 radical (unpaired) electrons. The minimum Gasteiger partial charge on any atom is -0.488 e. The van der Waals surface area contributed by atoms with E-state index in [4.69, 9.17) is 4.74 Å². The number of carbonyl (C=O) groups excluding carboxylic acids is 1. The van der Waals surface area contributed by atoms with Crippen molar-refractivity contribution in [3.63, 3.8) is 0 Å². The normalized spacial score (nSPS) is 18.3. The van der Waals surface area contributed by atoms with E-state index in [1.54, 1.807) is 12.1 Å². The number of rotatable bonds is 9. The van der Waals surface area contributed by atoms with Gasteiger partial charge in [0.25, 0.3) is 0 Å². The number of aliphatic hydroxyl groups is 1. The maximum Gasteiger partial charge on any atom is 0.234 e. The Morgan fingerprint density at radius 1 is 1.19 bits per heavy atom. The Kier molecular flexibility index (Phi) is 8.49. The van der Waals surface area contributed by atoms with Crippen LogP contribution in [0, 0.1) is 17.5 Å². The summed E-state index contributed by atoms with van der Waals surface area (Å²) in [6.07, 6.45) is -0.780. The smallest absolute Gasteiger partial charge is 0.234 e. The molecule has 0 spiro atoms. The van der Waals surface area contributed by atoms with Crippen molar-refractivity contribution < 1.29 is 27.8 Å². The molecule has 9 heteroatoms. The SMILES string of the molecule is C[C@H]1CN(CC(=O)NCc2ccc(F)cc2F)CCN1C[C@@H](O)COc1ccccc1F. The molecule has 0 aliphatic carbocycles. The van der Waals surface area contributed by atoms with Crippen molar-refractivity contribution in [3.05, 3.63) is 65.5 Å². The molecule has 0 aromatic heterocycles. The van der Waals surface area contributed by atoms with Gasteiger partial charge in [-0.3, -0.25) is 14.6 Å². The Morgan fingerprint density at radius 2 is 1.97 bits per heavy atom. The van der Waals surface area contributed by atoms with Crippen molar-refractivity contribution >= 4 is 5.91 Å². The quantitative estimate of drug-likeness (QED) is 0.612. The molecule has 2 atom stereocenters. The van der Waals surface area contributed by atoms with Gasteiger partial charge in [-0.1, -0.05) is 18.2 Å². The molecule has 0 unspecified atom stereocenters. The van der Waals surface area contributed by atoms with Crippen LogP contribution < -0.4 is 10.1 Å². The highest BCUT2D eigenvalue weighted by molar-refractivity contribution is 5.78. The maximum atomic E-state index is 13.7. The van der Waals surface area contributed by atoms with E-state index in [2.05, 4.69) is 10.2 Å². The number of carbonyl (C=O) groups is 1. The van der Waals surface area contributed by atoms with E-state index in [9.17, 15) is 23.1 Å². The molecule has 1 saturated heterocycles. The summed E-state index contributed by atoms with van der Waals surface area (Å²) in [5, 5.41) is 12.9. The van der Waals surface area contributed by atoms with Gasteiger partial charge < -0.3 is 15.2 Å². The molecule has 3 rings (SSSR count). The zero-order chi connectivity index (χ0) is 23.1. The second-order valence-electron chi connectivity index (χ2n) is 7.99. The molecule has 2 N–H and O–H groups in total. The van der Waals surface area contributed by atoms with Crippen LogP contribution in [0.25, 0.3) is 0 Å². The third-order valence-corrected chi connectivity index (χ3v) is 5.42. The molecular formula is C23H28F3N3O3. The highest BCUT2D eigenvalue weighted by Gasteiger charge is 2.26. The van der Waals surface area contributed by atoms with Crippen LogP contribution in [0.2, 0.25) is 0 Å². The summed E-state index contributed by atoms with van der Waals surface area (Å²) in [6.45, 7) is 4.42. The Hall–Kier alpha value is -2.62. The van der Waals surface area contributed by atoms with Gasteiger partial charge in [-0.2, -0.15) is 0 Å². The Morgan fingerprint density at radius 3 is 2.69 bits per heavy atom. The minimum absolute atomic E-state index is 0.00529. The number of nitrogens with zero attached hydrogens (tertiary/aromatic N) is 2. The summed E-state index contributed by atoms with van der Waals surface area (Å²) in [6, 6.07) is 9.40. The van der Waals surface area contributed by atoms with E-state index in [1.165, 1.54) is 18.2 Å². The number of ether oxygens (including phenoxy) is 1. The zero-order valence-electron chi connectivity index (χ0n) is 17.9. The fraction of sp³-hybridized carbons (Fsp3) is 0.435. The molecule has 1 fully saturated rings. The van der Waals surface area contributed by atoms with Crippen LogP contribution in [0.3, 0.4) is 0 Å². The van der Waals surface area contributed by atoms with Gasteiger partial charge in [0.05, 0.1) is 6.54 Å². The summed E-state index contributed by atoms with van der Waals surface area (Å²) in [4.78, 5) is 16.3. The van der Waals surface area contributed by atoms with Crippen molar-refractivity contribution in [2.45, 2.75) is 25.6 Å². The third-order valence-electron chi connectivity index (χ3n) is 5.42. The molecule has 2 aromatic rings. The predicted octanol–water partition coefficient (Wildman–Crippen LogP) is 2.17. The number of hydrogen-bond donors (Lipinski definition) is 2. The lowest BCUT2D eigenvalue weighted by molar-refractivity contribution is -0.123. The standard InChI is InChI=1S/C23H28F3N3O3/c1-16-12-28(14-23(31)27-11-17-6-7-18(24)10-21(17)26)8-9-29(16)13-19(30)15-32-22-5-3-2-4-20(22)25/h2-7,10,16,19,30H,8-9,11-15H2,1H3,(H,27,31)/t16-,19+/m0/s1. The average Bonchev–Trinajstić information content (AvgIpc) is 2.74. The highest BCUT2D eigenvalue weighted by Crippen LogP contribution is 2.16. The van der Waals surface area contributed by atoms with Crippen molar-refractivity contribution in [1.29, 1.82) is 0 Å². The summed E-state index contributed by atoms with van der Waals surface area (Å²) in [7, 11) is 0. The molecule has 1 aliphatic rings. The lowest BCUT2D eigenvalue weighted by Crippen LogP contribution is -2.55. The van der Waals surface area contributed by atoms with Crippen LogP contribution in [-0.2, 0) is 11.3 Å². The van der Waals surface area contributed by atoms with Gasteiger partial charge in [0.1, 0.15) is 24.3 Å². The summed E-state index contributed by atoms with van der Waals surface area (Å²) in [5.74, 6) is -1.95. The molecule has 174 valence electrons. The average molecular weight is 451 g/mol. The number of β-amino-alcohol motifs (C(OH)–C–C–N with tert-alkyl or cyclic N) is 1. The number of halogens is 3. The van der Waals surface area contributed by atoms with Gasteiger partial charge in [-0.05, 0) is 25.1 Å². The Labute approximate surface area is 185 Å². The summed E-state index contributed by atoms with van der Waals surface area (Å²) in [5.41, 5.74) is 0.226. The van der Waals surface area contributed by atoms with E-state index in [-0.39, 0.29) is 43.0 Å². The lowest BCUT2D eigenvalue weighted by Gasteiger charge is -2.40. The number of para-hydroxylation sites is 1. The first kappa shape index (κ1) is 24.0. The maximum absolute atomic E-state index is 13.7. The van der Waals surface area contributed by atoms with Crippen LogP contribution in [0.15, 0.2) is 42.5 Å². The van der Waals surface area contributed by atoms with Crippen molar-refractivity contribution in [2.24, 2.45) is 0 Å². The van der Waals surface area contributed by atoms with Crippen LogP contribution in [0.1, 0.15) is 12.5 Å². The van der Waals surface area contributed by atoms with Crippen LogP contribution in [-0.4, -0.2) is 72.3 Å². The summed E-state index contributed by atoms with van der Waals surface area (Å²) >= 11 is 0. The molecule has 32 heavy (non-hydrogen) atoms. The second-order valence-corrected chi connectivity index (χ2v) is 7.99. The topological polar surface area (TPSA) is 65.0 Å². The predicted molar refractivity (Wildman–Crippen MR) is 114 cm³/mol. The largest absolute Gasteiger partial charge is 0.488 e. The molecule has 1 heterocycles. The van der Waals surface area contributed by atoms with E-state index in [0.717, 1.165) is 12.1 Å². The Bertz CT molecular complexity index is 915. The third kappa shape index (κ3) is 6.94. The first-order valence-electron chi connectivity index (χ1n) is 10.5. The van der Waals surface area contributed by atoms with Gasteiger partial charge in [-0.15, -0.1) is 0 Å². The van der Waals surface area contributed by atoms with Gasteiger partial charge in [0.15, 0.2) is 11.6 Å². The van der Waals surface area contributed by atoms with Crippen molar-refractivity contribution in [1.82, 2.24) is 15.1 Å². The fourth-order valence-electron chi connectivity index (χ4n) is 3.67. The molecule has 0 saturated carbocycles. The number of piperazine rings is 1. The van der Waals surface area contributed by atoms with Gasteiger partial charge in [-0.25, -0.2) is 13.2 Å². The minimum atomic E-state index is -0.780. The van der Waals surface area contributed by atoms with E-state index in [1.807, 2.05) is 11.8 Å². The first-order valence-corrected chi connectivity index (χ1v) is 10.5. The number of aliphatic hydroxyl groups excluding tert-OH is 1. The molecule has 6 nitrogen and oxygen atoms in total. The first-order chi connectivity index (χ1) is 15.3. The molecular weight excluding hydrogens is 423 g/mol. The molecule has 2 aromatic carbocycles. The Balaban J connectivity index is 1.38. The van der Waals surface area contributed by atoms with Crippen LogP contribution in [0.4, 0.5) is 13.2 Å². The number of hydrogen-bond acceptors (Lipinski definition) is 5. The van der Waals surface area contributed by atoms with E-state index < -0.39 is 23.6 Å². The fourth-order valence-corrected chi connectivity index (χ4v) is 3.67. The van der Waals surface area contributed by atoms with Gasteiger partial charge >= 0.3 is 0 Å². The molecule has 1 aliphatic heterocycles. The second kappa shape index (κ2) is 11.3. The summed E-state index contributed by atoms with van der Waals surface area (Å²) < 4.78 is 45.6. The number of nitrogens with one attached hydrogen (secondary N) is 1. The molecule has 0 bridgehead atoms. The lowest BCUT2D eigenvalue weighted by atomic mass is 10.1. The zero-order valence-corrected chi connectivity index (χ0v) is 17.9. The van der Waals surface area contributed by atoms with Gasteiger partial charge in [0, 0.05) is 50.4 Å². The monoisotopic (exact) mass is 451 g/mol. The van der Waals surface area contributed by atoms with Crippen molar-refractivity contribution in [2.75, 3.05) is 39.3 Å². The van der Waals surface area contributed by atoms with E-state index >= 15 is 0 Å². The van der Waals surface area contributed by atoms with Crippen LogP contribution >= 0.6 is 0 Å². The molecule has 1 amide bonds. The van der Waals surface area contributed by atoms with Crippen LogP contribution in [0.5, 0.6) is 5.75 Å². The number of benzene rings is 2. The van der Waals surface area contributed by atoms with E-state index in [0.29, 0.717) is 26.2 Å². The van der Waals surface area contributed by atoms with Crippen molar-refractivity contribution in [3.8, 4) is 5.75 Å². The highest BCUT2D eigenvalue weighted by atomic mass is 19.1.